The van der Waals surface area contributed by atoms with E-state index < -0.39 is 0 Å². The summed E-state index contributed by atoms with van der Waals surface area (Å²) in [4.78, 5) is 0. The van der Waals surface area contributed by atoms with Crippen molar-refractivity contribution in [2.45, 2.75) is 32.4 Å². The first-order valence-electron chi connectivity index (χ1n) is 6.40. The molecule has 19 heavy (non-hydrogen) atoms. The van der Waals surface area contributed by atoms with Gasteiger partial charge in [0, 0.05) is 5.56 Å². The first-order valence-corrected chi connectivity index (χ1v) is 6.40. The third-order valence-electron chi connectivity index (χ3n) is 2.77. The minimum absolute atomic E-state index is 0.0528. The van der Waals surface area contributed by atoms with Crippen LogP contribution >= 0.6 is 0 Å². The normalized spacial score (nSPS) is 12.0. The summed E-state index contributed by atoms with van der Waals surface area (Å²) < 4.78 is 5.59. The van der Waals surface area contributed by atoms with Crippen molar-refractivity contribution in [3.05, 3.63) is 36.2 Å². The van der Waals surface area contributed by atoms with Gasteiger partial charge in [-0.15, -0.1) is 16.6 Å². The molecular weight excluding hydrogens is 238 g/mol. The highest BCUT2D eigenvalue weighted by Crippen LogP contribution is 2.16. The van der Waals surface area contributed by atoms with E-state index in [1.54, 1.807) is 0 Å². The van der Waals surface area contributed by atoms with Crippen LogP contribution < -0.4 is 5.32 Å². The van der Waals surface area contributed by atoms with Gasteiger partial charge in [-0.2, -0.15) is 0 Å². The number of aromatic nitrogens is 2. The van der Waals surface area contributed by atoms with Crippen LogP contribution in [0.15, 0.2) is 34.7 Å². The minimum Gasteiger partial charge on any atom is -0.419 e. The van der Waals surface area contributed by atoms with E-state index in [2.05, 4.69) is 28.4 Å². The molecule has 0 radical (unpaired) electrons. The van der Waals surface area contributed by atoms with Crippen LogP contribution in [0.5, 0.6) is 0 Å². The Kier molecular flexibility index (Phi) is 4.71. The van der Waals surface area contributed by atoms with Crippen molar-refractivity contribution in [2.75, 3.05) is 0 Å². The fraction of sp³-hybridized carbons (Fsp3) is 0.333. The van der Waals surface area contributed by atoms with Gasteiger partial charge in [0.1, 0.15) is 0 Å². The lowest BCUT2D eigenvalue weighted by Gasteiger charge is -2.09. The van der Waals surface area contributed by atoms with Crippen molar-refractivity contribution >= 4 is 0 Å². The second-order valence-corrected chi connectivity index (χ2v) is 4.26. The molecule has 4 nitrogen and oxygen atoms in total. The fourth-order valence-electron chi connectivity index (χ4n) is 1.77. The van der Waals surface area contributed by atoms with Crippen LogP contribution in [0.3, 0.4) is 0 Å². The second-order valence-electron chi connectivity index (χ2n) is 4.26. The Morgan fingerprint density at radius 3 is 2.79 bits per heavy atom. The molecule has 2 aromatic rings. The van der Waals surface area contributed by atoms with Crippen LogP contribution in [0.1, 0.15) is 25.7 Å². The van der Waals surface area contributed by atoms with Gasteiger partial charge < -0.3 is 4.42 Å². The maximum atomic E-state index is 5.59. The number of hydrogen-bond donors (Lipinski definition) is 1. The summed E-state index contributed by atoms with van der Waals surface area (Å²) in [6.07, 6.45) is 7.42. The van der Waals surface area contributed by atoms with Crippen LogP contribution in [-0.2, 0) is 6.54 Å². The number of benzene rings is 1. The van der Waals surface area contributed by atoms with E-state index in [9.17, 15) is 0 Å². The summed E-state index contributed by atoms with van der Waals surface area (Å²) in [6.45, 7) is 2.60. The Bertz CT molecular complexity index is 542. The summed E-state index contributed by atoms with van der Waals surface area (Å²) in [5.41, 5.74) is 0.920. The zero-order valence-corrected chi connectivity index (χ0v) is 11.0. The Hall–Kier alpha value is -2.12. The van der Waals surface area contributed by atoms with E-state index in [1.807, 2.05) is 30.3 Å². The van der Waals surface area contributed by atoms with E-state index >= 15 is 0 Å². The number of hydrogen-bond acceptors (Lipinski definition) is 4. The Labute approximate surface area is 113 Å². The van der Waals surface area contributed by atoms with Crippen molar-refractivity contribution < 1.29 is 4.42 Å². The number of nitrogens with zero attached hydrogens (tertiary/aromatic N) is 2. The Morgan fingerprint density at radius 2 is 2.11 bits per heavy atom. The molecule has 1 aromatic heterocycles. The van der Waals surface area contributed by atoms with Crippen LogP contribution in [-0.4, -0.2) is 16.2 Å². The van der Waals surface area contributed by atoms with Crippen molar-refractivity contribution in [2.24, 2.45) is 0 Å². The largest absolute Gasteiger partial charge is 0.419 e. The van der Waals surface area contributed by atoms with E-state index in [4.69, 9.17) is 10.8 Å². The predicted molar refractivity (Wildman–Crippen MR) is 74.1 cm³/mol. The van der Waals surface area contributed by atoms with Crippen LogP contribution in [0.25, 0.3) is 11.5 Å². The quantitative estimate of drug-likeness (QED) is 0.806. The molecule has 0 fully saturated rings. The second kappa shape index (κ2) is 6.72. The molecule has 4 heteroatoms. The summed E-state index contributed by atoms with van der Waals surface area (Å²) >= 11 is 0. The lowest BCUT2D eigenvalue weighted by atomic mass is 10.2. The monoisotopic (exact) mass is 255 g/mol. The summed E-state index contributed by atoms with van der Waals surface area (Å²) in [5.74, 6) is 3.79. The van der Waals surface area contributed by atoms with E-state index in [0.29, 0.717) is 18.3 Å². The average Bonchev–Trinajstić information content (AvgIpc) is 2.93. The average molecular weight is 255 g/mol. The summed E-state index contributed by atoms with van der Waals surface area (Å²) in [5, 5.41) is 11.3. The molecule has 0 amide bonds. The molecule has 1 atom stereocenters. The molecule has 1 unspecified atom stereocenters. The zero-order valence-electron chi connectivity index (χ0n) is 11.0. The first kappa shape index (κ1) is 13.3. The minimum atomic E-state index is 0.0528. The third-order valence-corrected chi connectivity index (χ3v) is 2.77. The van der Waals surface area contributed by atoms with Crippen molar-refractivity contribution in [1.29, 1.82) is 0 Å². The summed E-state index contributed by atoms with van der Waals surface area (Å²) in [7, 11) is 0. The smallest absolute Gasteiger partial charge is 0.247 e. The number of nitrogens with one attached hydrogen (secondary N) is 1. The molecule has 98 valence electrons. The Balaban J connectivity index is 1.97. The molecule has 0 aliphatic rings. The molecule has 0 saturated heterocycles. The molecule has 1 aromatic carbocycles. The van der Waals surface area contributed by atoms with Gasteiger partial charge >= 0.3 is 0 Å². The standard InChI is InChI=1S/C15H17N3O/c1-3-8-13(4-2)16-11-14-17-18-15(19-14)12-9-6-5-7-10-12/h2,5-7,9-10,13,16H,3,8,11H2,1H3. The van der Waals surface area contributed by atoms with Crippen molar-refractivity contribution in [1.82, 2.24) is 15.5 Å². The van der Waals surface area contributed by atoms with E-state index in [1.165, 1.54) is 0 Å². The van der Waals surface area contributed by atoms with Gasteiger partial charge in [-0.05, 0) is 18.6 Å². The van der Waals surface area contributed by atoms with Crippen LogP contribution in [0.2, 0.25) is 0 Å². The predicted octanol–water partition coefficient (Wildman–Crippen LogP) is 2.63. The van der Waals surface area contributed by atoms with Gasteiger partial charge in [0.15, 0.2) is 0 Å². The maximum Gasteiger partial charge on any atom is 0.247 e. The van der Waals surface area contributed by atoms with Gasteiger partial charge in [0.05, 0.1) is 12.6 Å². The van der Waals surface area contributed by atoms with Crippen molar-refractivity contribution in [3.8, 4) is 23.8 Å². The SMILES string of the molecule is C#CC(CCC)NCc1nnc(-c2ccccc2)o1. The van der Waals surface area contributed by atoms with Gasteiger partial charge in [0.2, 0.25) is 11.8 Å². The highest BCUT2D eigenvalue weighted by Gasteiger charge is 2.09. The lowest BCUT2D eigenvalue weighted by molar-refractivity contribution is 0.456. The lowest BCUT2D eigenvalue weighted by Crippen LogP contribution is -2.26. The molecule has 1 N–H and O–H groups in total. The maximum absolute atomic E-state index is 5.59. The van der Waals surface area contributed by atoms with Gasteiger partial charge in [-0.25, -0.2) is 0 Å². The van der Waals surface area contributed by atoms with E-state index in [-0.39, 0.29) is 6.04 Å². The third kappa shape index (κ3) is 3.67. The number of rotatable bonds is 6. The molecule has 2 rings (SSSR count). The fourth-order valence-corrected chi connectivity index (χ4v) is 1.77. The molecule has 0 aliphatic carbocycles. The van der Waals surface area contributed by atoms with Crippen molar-refractivity contribution in [3.63, 3.8) is 0 Å². The molecule has 0 spiro atoms. The van der Waals surface area contributed by atoms with Gasteiger partial charge in [-0.3, -0.25) is 5.32 Å². The number of terminal acetylenes is 1. The first-order chi connectivity index (χ1) is 9.33. The van der Waals surface area contributed by atoms with E-state index in [0.717, 1.165) is 18.4 Å². The molecule has 0 aliphatic heterocycles. The van der Waals surface area contributed by atoms with Gasteiger partial charge in [-0.1, -0.05) is 37.5 Å². The van der Waals surface area contributed by atoms with Crippen LogP contribution in [0.4, 0.5) is 0 Å². The Morgan fingerprint density at radius 1 is 1.32 bits per heavy atom. The molecule has 1 heterocycles. The van der Waals surface area contributed by atoms with Gasteiger partial charge in [0.25, 0.3) is 0 Å². The van der Waals surface area contributed by atoms with Crippen LogP contribution in [0, 0.1) is 12.3 Å². The highest BCUT2D eigenvalue weighted by molar-refractivity contribution is 5.51. The zero-order chi connectivity index (χ0) is 13.5. The molecule has 0 bridgehead atoms. The molecular formula is C15H17N3O. The topological polar surface area (TPSA) is 51.0 Å². The molecule has 0 saturated carbocycles. The summed E-state index contributed by atoms with van der Waals surface area (Å²) in [6, 6.07) is 9.75. The highest BCUT2D eigenvalue weighted by atomic mass is 16.4.